The summed E-state index contributed by atoms with van der Waals surface area (Å²) in [6, 6.07) is 1.41. The Hall–Kier alpha value is 0.830. The summed E-state index contributed by atoms with van der Waals surface area (Å²) >= 11 is -0.982. The van der Waals surface area contributed by atoms with Gasteiger partial charge in [0.2, 0.25) is 0 Å². The van der Waals surface area contributed by atoms with Gasteiger partial charge in [0.1, 0.15) is 0 Å². The van der Waals surface area contributed by atoms with Crippen LogP contribution in [0.2, 0.25) is 12.5 Å². The third-order valence-corrected chi connectivity index (χ3v) is 13.8. The molecule has 96 valence electrons. The van der Waals surface area contributed by atoms with Gasteiger partial charge in [-0.1, -0.05) is 0 Å². The molecule has 0 atom stereocenters. The third-order valence-electron chi connectivity index (χ3n) is 3.76. The van der Waals surface area contributed by atoms with Gasteiger partial charge in [0, 0.05) is 0 Å². The topological polar surface area (TPSA) is 3.24 Å². The van der Waals surface area contributed by atoms with Crippen LogP contribution in [0.1, 0.15) is 54.4 Å². The van der Waals surface area contributed by atoms with E-state index in [4.69, 9.17) is 0 Å². The molecule has 0 bridgehead atoms. The van der Waals surface area contributed by atoms with E-state index in [2.05, 4.69) is 46.4 Å². The second-order valence-electron chi connectivity index (χ2n) is 5.60. The average Bonchev–Trinajstić information content (AvgIpc) is 2.22. The van der Waals surface area contributed by atoms with Crippen molar-refractivity contribution in [1.82, 2.24) is 4.90 Å². The van der Waals surface area contributed by atoms with E-state index in [1.165, 1.54) is 19.4 Å². The van der Waals surface area contributed by atoms with Crippen LogP contribution in [0.4, 0.5) is 0 Å². The number of hydrogen-bond donors (Lipinski definition) is 0. The molecule has 0 aliphatic rings. The molecule has 0 rings (SSSR count). The van der Waals surface area contributed by atoms with Crippen molar-refractivity contribution in [2.24, 2.45) is 0 Å². The van der Waals surface area contributed by atoms with Gasteiger partial charge in [-0.05, 0) is 0 Å². The summed E-state index contributed by atoms with van der Waals surface area (Å²) in [6.07, 6.45) is 2.92. The van der Waals surface area contributed by atoms with Crippen molar-refractivity contribution in [2.45, 2.75) is 79.0 Å². The molecule has 0 saturated carbocycles. The van der Waals surface area contributed by atoms with Crippen LogP contribution in [0, 0.1) is 0 Å². The Morgan fingerprint density at radius 2 is 1.38 bits per heavy atom. The van der Waals surface area contributed by atoms with Crippen LogP contribution in [-0.2, 0) is 0 Å². The van der Waals surface area contributed by atoms with E-state index in [1.807, 2.05) is 0 Å². The normalized spacial score (nSPS) is 11.8. The van der Waals surface area contributed by atoms with Crippen LogP contribution in [0.5, 0.6) is 0 Å². The van der Waals surface area contributed by atoms with E-state index in [0.29, 0.717) is 12.1 Å². The molecule has 16 heavy (non-hydrogen) atoms. The monoisotopic (exact) mass is 329 g/mol. The first-order valence-corrected chi connectivity index (χ1v) is 14.3. The van der Waals surface area contributed by atoms with Crippen molar-refractivity contribution in [3.63, 3.8) is 0 Å². The summed E-state index contributed by atoms with van der Waals surface area (Å²) in [6.45, 7) is 15.4. The third kappa shape index (κ3) is 7.21. The second-order valence-corrected chi connectivity index (χ2v) is 16.9. The number of rotatable bonds is 9. The summed E-state index contributed by atoms with van der Waals surface area (Å²) in [7, 11) is 0. The van der Waals surface area contributed by atoms with Crippen LogP contribution in [0.15, 0.2) is 0 Å². The molecule has 0 amide bonds. The molecular formula is C14H32InN. The summed E-state index contributed by atoms with van der Waals surface area (Å²) < 4.78 is 4.77. The number of hydrogen-bond acceptors (Lipinski definition) is 1. The molecule has 0 heterocycles. The molecule has 0 aromatic rings. The van der Waals surface area contributed by atoms with Gasteiger partial charge >= 0.3 is 112 Å². The molecule has 0 fully saturated rings. The predicted octanol–water partition coefficient (Wildman–Crippen LogP) is 4.42. The van der Waals surface area contributed by atoms with Crippen LogP contribution < -0.4 is 0 Å². The fourth-order valence-electron chi connectivity index (χ4n) is 2.54. The molecule has 0 aliphatic heterocycles. The second kappa shape index (κ2) is 9.82. The standard InChI is InChI=1S/C10H22N.2C2H5.In/c1-6-7-8-11(9(2)3)10(4)5;2*1-2;/h9-10H,1,6-8H2,2-5H3;2*1H2,2H3;. The molecule has 0 N–H and O–H groups in total. The Kier molecular flexibility index (Phi) is 10.3. The molecule has 0 aromatic carbocycles. The van der Waals surface area contributed by atoms with Crippen molar-refractivity contribution in [1.29, 1.82) is 0 Å². The Balaban J connectivity index is 3.70. The van der Waals surface area contributed by atoms with Crippen LogP contribution in [0.25, 0.3) is 0 Å². The van der Waals surface area contributed by atoms with Gasteiger partial charge < -0.3 is 0 Å². The first-order chi connectivity index (χ1) is 7.52. The average molecular weight is 329 g/mol. The molecule has 0 saturated heterocycles. The van der Waals surface area contributed by atoms with Crippen LogP contribution in [0.3, 0.4) is 0 Å². The first-order valence-electron chi connectivity index (χ1n) is 7.28. The van der Waals surface area contributed by atoms with Crippen molar-refractivity contribution in [3.05, 3.63) is 0 Å². The summed E-state index contributed by atoms with van der Waals surface area (Å²) in [5.41, 5.74) is 0. The van der Waals surface area contributed by atoms with E-state index in [-0.39, 0.29) is 0 Å². The van der Waals surface area contributed by atoms with Crippen molar-refractivity contribution in [3.8, 4) is 0 Å². The van der Waals surface area contributed by atoms with E-state index in [0.717, 1.165) is 0 Å². The Labute approximate surface area is 112 Å². The van der Waals surface area contributed by atoms with Crippen molar-refractivity contribution in [2.75, 3.05) is 6.54 Å². The minimum absolute atomic E-state index is 0.705. The zero-order chi connectivity index (χ0) is 12.6. The van der Waals surface area contributed by atoms with E-state index in [9.17, 15) is 0 Å². The van der Waals surface area contributed by atoms with Crippen LogP contribution >= 0.6 is 0 Å². The molecular weight excluding hydrogens is 297 g/mol. The first kappa shape index (κ1) is 16.8. The minimum atomic E-state index is -0.982. The Morgan fingerprint density at radius 1 is 0.875 bits per heavy atom. The molecule has 0 aromatic heterocycles. The van der Waals surface area contributed by atoms with Crippen molar-refractivity contribution < 1.29 is 0 Å². The van der Waals surface area contributed by atoms with Crippen molar-refractivity contribution >= 4 is 21.4 Å². The summed E-state index contributed by atoms with van der Waals surface area (Å²) in [5.74, 6) is 0. The number of unbranched alkanes of at least 4 members (excludes halogenated alkanes) is 1. The zero-order valence-corrected chi connectivity index (χ0v) is 15.7. The molecule has 0 aliphatic carbocycles. The maximum atomic E-state index is 2.63. The molecule has 0 spiro atoms. The van der Waals surface area contributed by atoms with Gasteiger partial charge in [-0.2, -0.15) is 0 Å². The zero-order valence-electron chi connectivity index (χ0n) is 12.4. The van der Waals surface area contributed by atoms with Gasteiger partial charge in [0.25, 0.3) is 0 Å². The van der Waals surface area contributed by atoms with Gasteiger partial charge in [-0.15, -0.1) is 0 Å². The fourth-order valence-corrected chi connectivity index (χ4v) is 8.99. The van der Waals surface area contributed by atoms with Gasteiger partial charge in [-0.3, -0.25) is 0 Å². The van der Waals surface area contributed by atoms with E-state index in [1.54, 1.807) is 12.5 Å². The van der Waals surface area contributed by atoms with Gasteiger partial charge in [0.15, 0.2) is 0 Å². The van der Waals surface area contributed by atoms with E-state index >= 15 is 0 Å². The fraction of sp³-hybridized carbons (Fsp3) is 1.00. The summed E-state index contributed by atoms with van der Waals surface area (Å²) in [5, 5.41) is 0. The quantitative estimate of drug-likeness (QED) is 0.566. The van der Waals surface area contributed by atoms with Crippen LogP contribution in [-0.4, -0.2) is 45.0 Å². The Bertz CT molecular complexity index is 145. The number of nitrogens with zero attached hydrogens (tertiary/aromatic N) is 1. The SMILES string of the molecule is C[CH2][In]([CH2]C)[CH2]CCCN(C(C)C)C(C)C. The molecule has 1 nitrogen and oxygen atoms in total. The van der Waals surface area contributed by atoms with Gasteiger partial charge in [0.05, 0.1) is 0 Å². The predicted molar refractivity (Wildman–Crippen MR) is 77.7 cm³/mol. The molecule has 2 heteroatoms. The Morgan fingerprint density at radius 3 is 1.75 bits per heavy atom. The summed E-state index contributed by atoms with van der Waals surface area (Å²) in [4.78, 5) is 2.63. The van der Waals surface area contributed by atoms with Gasteiger partial charge in [-0.25, -0.2) is 0 Å². The maximum absolute atomic E-state index is 2.63. The molecule has 0 radical (unpaired) electrons. The molecule has 0 unspecified atom stereocenters. The van der Waals surface area contributed by atoms with E-state index < -0.39 is 21.4 Å².